The van der Waals surface area contributed by atoms with Crippen LogP contribution in [0.2, 0.25) is 0 Å². The van der Waals surface area contributed by atoms with Gasteiger partial charge in [0.15, 0.2) is 17.3 Å². The summed E-state index contributed by atoms with van der Waals surface area (Å²) in [4.78, 5) is 22.6. The van der Waals surface area contributed by atoms with Gasteiger partial charge in [0.05, 0.1) is 25.3 Å². The summed E-state index contributed by atoms with van der Waals surface area (Å²) in [5.41, 5.74) is 0.420. The van der Waals surface area contributed by atoms with Gasteiger partial charge in [-0.05, 0) is 18.2 Å². The van der Waals surface area contributed by atoms with Crippen molar-refractivity contribution >= 4 is 18.0 Å². The number of ether oxygens (including phenoxy) is 7. The van der Waals surface area contributed by atoms with E-state index in [1.54, 1.807) is 0 Å². The molecular formula is C31H37O19+. The molecule has 1 unspecified atom stereocenters. The van der Waals surface area contributed by atoms with E-state index in [0.717, 1.165) is 6.07 Å². The molecule has 3 aliphatic heterocycles. The SMILES string of the molecule is COc1cc(C2[OH+]c3cc(O)cc(O[C@@H]4O[C@H](CO)[C@H](O)[C@H](O)[C@H]4O)c3C=C2O[C@@H]2O[C@H](COC(=O)CC(=O)O)[C@H](O)[C@@H](O)[C@@H]2O)ccc1O. The molecule has 50 heavy (non-hydrogen) atoms. The van der Waals surface area contributed by atoms with Crippen LogP contribution in [0.5, 0.6) is 28.7 Å². The van der Waals surface area contributed by atoms with Crippen molar-refractivity contribution in [2.24, 2.45) is 0 Å². The smallest absolute Gasteiger partial charge is 0.317 e. The number of phenols is 2. The molecular weight excluding hydrogens is 676 g/mol. The molecule has 11 N–H and O–H groups in total. The highest BCUT2D eigenvalue weighted by Gasteiger charge is 2.48. The second-order valence-electron chi connectivity index (χ2n) is 11.6. The Hall–Kier alpha value is -4.44. The van der Waals surface area contributed by atoms with Gasteiger partial charge in [-0.25, -0.2) is 0 Å². The molecule has 0 aliphatic carbocycles. The number of esters is 1. The highest BCUT2D eigenvalue weighted by molar-refractivity contribution is 5.90. The monoisotopic (exact) mass is 713 g/mol. The van der Waals surface area contributed by atoms with Gasteiger partial charge in [-0.15, -0.1) is 0 Å². The first kappa shape index (κ1) is 36.8. The van der Waals surface area contributed by atoms with Gasteiger partial charge >= 0.3 is 11.9 Å². The van der Waals surface area contributed by atoms with E-state index in [4.69, 9.17) is 33.5 Å². The normalized spacial score (nSPS) is 32.2. The summed E-state index contributed by atoms with van der Waals surface area (Å²) in [7, 11) is 1.31. The van der Waals surface area contributed by atoms with E-state index < -0.39 is 99.1 Å². The topological polar surface area (TPSA) is 305 Å². The van der Waals surface area contributed by atoms with Crippen LogP contribution in [0.1, 0.15) is 23.7 Å². The summed E-state index contributed by atoms with van der Waals surface area (Å²) in [6.45, 7) is -1.46. The van der Waals surface area contributed by atoms with Crippen molar-refractivity contribution < 1.29 is 93.8 Å². The molecule has 2 fully saturated rings. The maximum Gasteiger partial charge on any atom is 0.317 e. The molecule has 2 saturated heterocycles. The average Bonchev–Trinajstić information content (AvgIpc) is 3.08. The molecule has 2 aromatic rings. The molecule has 19 heteroatoms. The van der Waals surface area contributed by atoms with Gasteiger partial charge in [0.1, 0.15) is 78.9 Å². The molecule has 0 aromatic heterocycles. The number of rotatable bonds is 11. The average molecular weight is 714 g/mol. The molecule has 0 bridgehead atoms. The predicted octanol–water partition coefficient (Wildman–Crippen LogP) is -2.54. The summed E-state index contributed by atoms with van der Waals surface area (Å²) in [6.07, 6.45) is -17.9. The summed E-state index contributed by atoms with van der Waals surface area (Å²) >= 11 is 0. The summed E-state index contributed by atoms with van der Waals surface area (Å²) in [5, 5.41) is 102. The first-order valence-corrected chi connectivity index (χ1v) is 15.1. The van der Waals surface area contributed by atoms with Gasteiger partial charge in [-0.3, -0.25) is 9.59 Å². The Morgan fingerprint density at radius 2 is 1.46 bits per heavy atom. The number of hydrogen-bond acceptors (Lipinski definition) is 17. The molecule has 5 rings (SSSR count). The lowest BCUT2D eigenvalue weighted by Gasteiger charge is -2.41. The van der Waals surface area contributed by atoms with E-state index in [2.05, 4.69) is 4.74 Å². The Bertz CT molecular complexity index is 1580. The van der Waals surface area contributed by atoms with E-state index in [1.165, 1.54) is 37.5 Å². The van der Waals surface area contributed by atoms with Crippen molar-refractivity contribution in [3.8, 4) is 28.7 Å². The van der Waals surface area contributed by atoms with Crippen molar-refractivity contribution in [1.29, 1.82) is 0 Å². The summed E-state index contributed by atoms with van der Waals surface area (Å²) in [5.74, 6) is -3.40. The lowest BCUT2D eigenvalue weighted by atomic mass is 9.98. The maximum absolute atomic E-state index is 11.8. The fraction of sp³-hybridized carbons (Fsp3) is 0.484. The number of phenolic OH excluding ortho intramolecular Hbond substituents is 2. The van der Waals surface area contributed by atoms with Crippen LogP contribution in [0, 0.1) is 0 Å². The van der Waals surface area contributed by atoms with Gasteiger partial charge in [0.2, 0.25) is 12.6 Å². The second kappa shape index (κ2) is 15.2. The Morgan fingerprint density at radius 1 is 0.820 bits per heavy atom. The van der Waals surface area contributed by atoms with Crippen LogP contribution in [0.25, 0.3) is 6.08 Å². The van der Waals surface area contributed by atoms with Crippen LogP contribution in [-0.2, 0) is 28.5 Å². The van der Waals surface area contributed by atoms with Crippen LogP contribution in [0.4, 0.5) is 0 Å². The number of carboxylic acids is 1. The van der Waals surface area contributed by atoms with Gasteiger partial charge < -0.3 is 84.2 Å². The number of aliphatic hydroxyl groups excluding tert-OH is 7. The largest absolute Gasteiger partial charge is 0.571 e. The Balaban J connectivity index is 1.51. The Labute approximate surface area is 282 Å². The van der Waals surface area contributed by atoms with E-state index in [1.807, 2.05) is 0 Å². The number of carboxylic acid groups (broad SMARTS) is 1. The zero-order valence-electron chi connectivity index (χ0n) is 26.1. The van der Waals surface area contributed by atoms with Gasteiger partial charge in [-0.2, -0.15) is 0 Å². The van der Waals surface area contributed by atoms with Crippen molar-refractivity contribution in [3.63, 3.8) is 0 Å². The molecule has 274 valence electrons. The molecule has 0 saturated carbocycles. The molecule has 2 aromatic carbocycles. The van der Waals surface area contributed by atoms with Crippen LogP contribution in [0.3, 0.4) is 0 Å². The quantitative estimate of drug-likeness (QED) is 0.0652. The fourth-order valence-electron chi connectivity index (χ4n) is 5.50. The van der Waals surface area contributed by atoms with Crippen LogP contribution >= 0.6 is 0 Å². The molecule has 0 amide bonds. The standard InChI is InChI=1S/C31H36O19/c1-44-17-4-11(2-3-14(17)34)29-18(48-31-28(43)26(41)24(39)20(50-31)10-45-22(37)8-21(35)36)7-13-15(46-29)5-12(33)6-16(13)47-30-27(42)25(40)23(38)19(9-32)49-30/h2-7,19-20,23-34,38-43H,8-10H2,1H3,(H,35,36)/p+1/t19-,20-,23+,24+,25+,26-,27-,28+,29?,30-,31-/m1/s1. The number of hydrogen-bond donors (Lipinski definition) is 10. The number of fused-ring (bicyclic) bond motifs is 1. The van der Waals surface area contributed by atoms with Gasteiger partial charge in [-0.1, -0.05) is 0 Å². The number of methoxy groups -OCH3 is 1. The Morgan fingerprint density at radius 3 is 2.10 bits per heavy atom. The molecule has 3 heterocycles. The van der Waals surface area contributed by atoms with Crippen LogP contribution < -0.4 is 9.47 Å². The fourth-order valence-corrected chi connectivity index (χ4v) is 5.50. The minimum absolute atomic E-state index is 0.0427. The van der Waals surface area contributed by atoms with Crippen molar-refractivity contribution in [3.05, 3.63) is 47.2 Å². The number of carbonyl (C=O) groups excluding carboxylic acids is 1. The number of aliphatic carboxylic acids is 1. The summed E-state index contributed by atoms with van der Waals surface area (Å²) in [6, 6.07) is 6.55. The van der Waals surface area contributed by atoms with E-state index in [9.17, 15) is 55.5 Å². The zero-order valence-corrected chi connectivity index (χ0v) is 26.1. The number of aromatic hydroxyl groups is 3. The highest BCUT2D eigenvalue weighted by Crippen LogP contribution is 2.47. The lowest BCUT2D eigenvalue weighted by Crippen LogP contribution is -2.60. The van der Waals surface area contributed by atoms with Gasteiger partial charge in [0.25, 0.3) is 11.9 Å². The lowest BCUT2D eigenvalue weighted by molar-refractivity contribution is -0.296. The minimum Gasteiger partial charge on any atom is -0.571 e. The van der Waals surface area contributed by atoms with E-state index in [0.29, 0.717) is 5.56 Å². The first-order chi connectivity index (χ1) is 23.7. The molecule has 11 atom stereocenters. The van der Waals surface area contributed by atoms with Gasteiger partial charge in [0, 0.05) is 12.1 Å². The Kier molecular flexibility index (Phi) is 11.2. The third-order valence-corrected chi connectivity index (χ3v) is 8.17. The molecule has 3 aliphatic rings. The molecule has 0 spiro atoms. The predicted molar refractivity (Wildman–Crippen MR) is 161 cm³/mol. The third-order valence-electron chi connectivity index (χ3n) is 8.17. The maximum atomic E-state index is 11.8. The van der Waals surface area contributed by atoms with Crippen LogP contribution in [-0.4, -0.2) is 149 Å². The van der Waals surface area contributed by atoms with Crippen molar-refractivity contribution in [2.75, 3.05) is 20.3 Å². The second-order valence-corrected chi connectivity index (χ2v) is 11.6. The zero-order chi connectivity index (χ0) is 36.4. The number of benzene rings is 2. The third kappa shape index (κ3) is 7.65. The van der Waals surface area contributed by atoms with Crippen LogP contribution in [0.15, 0.2) is 36.1 Å². The number of aliphatic hydroxyl groups is 8. The first-order valence-electron chi connectivity index (χ1n) is 15.1. The summed E-state index contributed by atoms with van der Waals surface area (Å²) < 4.78 is 37.7. The van der Waals surface area contributed by atoms with Crippen molar-refractivity contribution in [2.45, 2.75) is 73.9 Å². The highest BCUT2D eigenvalue weighted by atomic mass is 16.7. The minimum atomic E-state index is -1.90. The molecule has 19 nitrogen and oxygen atoms in total. The van der Waals surface area contributed by atoms with E-state index >= 15 is 0 Å². The van der Waals surface area contributed by atoms with Crippen molar-refractivity contribution in [1.82, 2.24) is 0 Å². The number of carbonyl (C=O) groups is 2. The van der Waals surface area contributed by atoms with E-state index in [-0.39, 0.29) is 40.1 Å². The molecule has 0 radical (unpaired) electrons.